The average molecular weight is 1040 g/mol. The summed E-state index contributed by atoms with van der Waals surface area (Å²) in [7, 11) is -10.9. The van der Waals surface area contributed by atoms with Crippen molar-refractivity contribution in [1.82, 2.24) is 9.55 Å². The minimum atomic E-state index is -5.44. The summed E-state index contributed by atoms with van der Waals surface area (Å²) >= 11 is 0. The minimum Gasteiger partial charge on any atom is -0.462 e. The number of anilines is 1. The number of unbranched alkanes of at least 4 members (excludes halogenated alkanes) is 9. The van der Waals surface area contributed by atoms with Gasteiger partial charge in [-0.1, -0.05) is 158 Å². The Hall–Kier alpha value is -3.84. The van der Waals surface area contributed by atoms with Crippen LogP contribution in [-0.2, 0) is 46.3 Å². The number of carbonyl (C=O) groups is 2. The Morgan fingerprint density at radius 2 is 1.39 bits per heavy atom. The van der Waals surface area contributed by atoms with Crippen molar-refractivity contribution in [1.29, 1.82) is 0 Å². The van der Waals surface area contributed by atoms with Crippen LogP contribution in [0.1, 0.15) is 149 Å². The SMILES string of the molecule is CC/C=C\CC(O)/C=C/C=C/C/C=C\C/C=C\C/C=C\CCC(=O)OC[C@H](COP(=O)(O)OP(=O)(O)OC[C@H]1O[C@@H](n2ccc(N)nc2=O)[C@H](O)[C@@H]1O)OC(=O)CCCCCCCCCCCCC(C)C. The molecule has 0 spiro atoms. The summed E-state index contributed by atoms with van der Waals surface area (Å²) < 4.78 is 56.6. The molecule has 7 N–H and O–H groups in total. The fourth-order valence-electron chi connectivity index (χ4n) is 6.96. The van der Waals surface area contributed by atoms with E-state index in [0.29, 0.717) is 25.7 Å². The van der Waals surface area contributed by atoms with E-state index in [1.54, 1.807) is 6.08 Å². The van der Waals surface area contributed by atoms with Crippen molar-refractivity contribution in [2.24, 2.45) is 5.92 Å². The molecule has 2 rings (SSSR count). The Labute approximate surface area is 419 Å². The average Bonchev–Trinajstić information content (AvgIpc) is 3.59. The molecule has 71 heavy (non-hydrogen) atoms. The molecule has 1 aliphatic rings. The van der Waals surface area contributed by atoms with Crippen molar-refractivity contribution in [2.75, 3.05) is 25.6 Å². The summed E-state index contributed by atoms with van der Waals surface area (Å²) in [5.74, 6) is -0.689. The quantitative estimate of drug-likeness (QED) is 0.0118. The van der Waals surface area contributed by atoms with Crippen molar-refractivity contribution in [3.63, 3.8) is 0 Å². The third-order valence-corrected chi connectivity index (χ3v) is 13.4. The summed E-state index contributed by atoms with van der Waals surface area (Å²) in [5.41, 5.74) is 4.57. The van der Waals surface area contributed by atoms with Crippen molar-refractivity contribution < 1.29 is 71.4 Å². The molecule has 1 aliphatic heterocycles. The van der Waals surface area contributed by atoms with Crippen molar-refractivity contribution in [3.05, 3.63) is 95.7 Å². The van der Waals surface area contributed by atoms with E-state index in [1.807, 2.05) is 73.8 Å². The van der Waals surface area contributed by atoms with Gasteiger partial charge in [-0.3, -0.25) is 23.2 Å². The lowest BCUT2D eigenvalue weighted by Crippen LogP contribution is -2.36. The maximum atomic E-state index is 12.8. The maximum Gasteiger partial charge on any atom is 0.481 e. The molecule has 402 valence electrons. The lowest BCUT2D eigenvalue weighted by Gasteiger charge is -2.21. The number of allylic oxidation sites excluding steroid dienone is 10. The molecular weight excluding hydrogens is 961 g/mol. The largest absolute Gasteiger partial charge is 0.481 e. The molecule has 21 heteroatoms. The molecule has 1 aromatic heterocycles. The van der Waals surface area contributed by atoms with Crippen LogP contribution in [0.15, 0.2) is 90.0 Å². The molecule has 0 amide bonds. The van der Waals surface area contributed by atoms with Crippen LogP contribution < -0.4 is 11.4 Å². The topological polar surface area (TPSA) is 286 Å². The second-order valence-corrected chi connectivity index (χ2v) is 20.7. The van der Waals surface area contributed by atoms with Gasteiger partial charge in [0, 0.05) is 19.0 Å². The first-order valence-corrected chi connectivity index (χ1v) is 27.9. The van der Waals surface area contributed by atoms with Crippen LogP contribution in [-0.4, -0.2) is 96.9 Å². The number of ether oxygens (including phenoxy) is 3. The van der Waals surface area contributed by atoms with Gasteiger partial charge in [-0.15, -0.1) is 0 Å². The third kappa shape index (κ3) is 30.7. The maximum absolute atomic E-state index is 12.8. The molecule has 0 aliphatic carbocycles. The monoisotopic (exact) mass is 1040 g/mol. The number of rotatable bonds is 39. The number of aromatic nitrogens is 2. The first-order chi connectivity index (χ1) is 33.9. The lowest BCUT2D eigenvalue weighted by molar-refractivity contribution is -0.161. The van der Waals surface area contributed by atoms with Crippen molar-refractivity contribution >= 4 is 33.4 Å². The number of nitrogen functional groups attached to an aromatic ring is 1. The lowest BCUT2D eigenvalue weighted by atomic mass is 10.0. The van der Waals surface area contributed by atoms with Crippen LogP contribution >= 0.6 is 15.6 Å². The Bertz CT molecular complexity index is 2000. The molecular formula is C50H81N3O16P2. The number of nitrogens with zero attached hydrogens (tertiary/aromatic N) is 2. The highest BCUT2D eigenvalue weighted by atomic mass is 31.3. The predicted octanol–water partition coefficient (Wildman–Crippen LogP) is 8.94. The normalized spacial score (nSPS) is 20.3. The zero-order chi connectivity index (χ0) is 52.3. The van der Waals surface area contributed by atoms with E-state index in [4.69, 9.17) is 29.0 Å². The van der Waals surface area contributed by atoms with E-state index in [1.165, 1.54) is 44.6 Å². The number of aliphatic hydroxyl groups excluding tert-OH is 3. The number of phosphoric ester groups is 2. The van der Waals surface area contributed by atoms with Gasteiger partial charge in [-0.05, 0) is 56.9 Å². The number of hydrogen-bond donors (Lipinski definition) is 6. The van der Waals surface area contributed by atoms with E-state index >= 15 is 0 Å². The van der Waals surface area contributed by atoms with Gasteiger partial charge in [0.15, 0.2) is 12.3 Å². The first kappa shape index (κ1) is 63.3. The summed E-state index contributed by atoms with van der Waals surface area (Å²) in [6, 6.07) is 1.24. The summed E-state index contributed by atoms with van der Waals surface area (Å²) in [6.45, 7) is 4.13. The van der Waals surface area contributed by atoms with E-state index in [0.717, 1.165) is 61.6 Å². The standard InChI is InChI=1S/C50H81N3O16P2/c1-4-5-25-31-41(54)32-27-22-18-14-9-7-6-8-10-15-19-23-28-33-45(55)64-37-42(67-46(56)34-29-24-20-16-12-11-13-17-21-26-30-40(2)3)38-65-70(60,61)69-71(62,63)66-39-43-47(57)48(58)49(68-43)53-36-35-44(51)52-50(53)59/h5,7-10,18-19,22-23,25,27,32,35-36,40-43,47-49,54,57-58H,4,6,11-17,20-21,24,26,28-31,33-34,37-39H2,1-3H3,(H,60,61)(H,62,63)(H2,51,52,59)/b9-7-,10-8-,22-18+,23-19-,25-5-,32-27+/t41?,42-,43-,47-,48-,49-/m1/s1. The van der Waals surface area contributed by atoms with Gasteiger partial charge in [0.1, 0.15) is 30.7 Å². The van der Waals surface area contributed by atoms with Gasteiger partial charge in [0.25, 0.3) is 0 Å². The molecule has 0 bridgehead atoms. The van der Waals surface area contributed by atoms with Crippen LogP contribution in [0.4, 0.5) is 5.82 Å². The zero-order valence-corrected chi connectivity index (χ0v) is 43.6. The predicted molar refractivity (Wildman–Crippen MR) is 271 cm³/mol. The van der Waals surface area contributed by atoms with Crippen LogP contribution in [0.5, 0.6) is 0 Å². The summed E-state index contributed by atoms with van der Waals surface area (Å²) in [6.07, 6.45) is 32.1. The molecule has 3 unspecified atom stereocenters. The highest BCUT2D eigenvalue weighted by Gasteiger charge is 2.46. The fourth-order valence-corrected chi connectivity index (χ4v) is 9.07. The Morgan fingerprint density at radius 1 is 0.789 bits per heavy atom. The highest BCUT2D eigenvalue weighted by Crippen LogP contribution is 2.60. The molecule has 0 saturated carbocycles. The molecule has 8 atom stereocenters. The first-order valence-electron chi connectivity index (χ1n) is 24.9. The summed E-state index contributed by atoms with van der Waals surface area (Å²) in [5, 5.41) is 30.8. The van der Waals surface area contributed by atoms with Crippen molar-refractivity contribution in [3.8, 4) is 0 Å². The van der Waals surface area contributed by atoms with Crippen molar-refractivity contribution in [2.45, 2.75) is 180 Å². The second-order valence-electron chi connectivity index (χ2n) is 17.6. The number of aliphatic hydroxyl groups is 3. The Balaban J connectivity index is 1.84. The summed E-state index contributed by atoms with van der Waals surface area (Å²) in [4.78, 5) is 61.8. The van der Waals surface area contributed by atoms with Crippen LogP contribution in [0, 0.1) is 5.92 Å². The Kier molecular flexibility index (Phi) is 33.0. The minimum absolute atomic E-state index is 0.0163. The van der Waals surface area contributed by atoms with E-state index in [2.05, 4.69) is 23.1 Å². The third-order valence-electron chi connectivity index (χ3n) is 10.8. The molecule has 2 heterocycles. The smallest absolute Gasteiger partial charge is 0.462 e. The van der Waals surface area contributed by atoms with Gasteiger partial charge in [-0.2, -0.15) is 9.29 Å². The van der Waals surface area contributed by atoms with Gasteiger partial charge in [0.2, 0.25) is 0 Å². The second kappa shape index (κ2) is 37.0. The molecule has 1 saturated heterocycles. The Morgan fingerprint density at radius 3 is 2.03 bits per heavy atom. The zero-order valence-electron chi connectivity index (χ0n) is 41.8. The van der Waals surface area contributed by atoms with Gasteiger partial charge in [0.05, 0.1) is 19.3 Å². The molecule has 19 nitrogen and oxygen atoms in total. The number of esters is 2. The van der Waals surface area contributed by atoms with E-state index in [-0.39, 0.29) is 18.7 Å². The van der Waals surface area contributed by atoms with Gasteiger partial charge >= 0.3 is 33.3 Å². The number of phosphoric acid groups is 2. The number of nitrogens with two attached hydrogens (primary N) is 1. The molecule has 1 fully saturated rings. The molecule has 1 aromatic rings. The number of hydrogen-bond acceptors (Lipinski definition) is 16. The molecule has 0 radical (unpaired) electrons. The molecule has 0 aromatic carbocycles. The highest BCUT2D eigenvalue weighted by molar-refractivity contribution is 7.61. The van der Waals surface area contributed by atoms with Crippen LogP contribution in [0.3, 0.4) is 0 Å². The number of carbonyl (C=O) groups excluding carboxylic acids is 2. The van der Waals surface area contributed by atoms with Gasteiger partial charge < -0.3 is 45.1 Å². The van der Waals surface area contributed by atoms with E-state index < -0.39 is 89.8 Å². The fraction of sp³-hybridized carbons (Fsp3) is 0.640. The van der Waals surface area contributed by atoms with Crippen LogP contribution in [0.25, 0.3) is 0 Å². The van der Waals surface area contributed by atoms with E-state index in [9.17, 15) is 48.6 Å². The van der Waals surface area contributed by atoms with Crippen LogP contribution in [0.2, 0.25) is 0 Å². The van der Waals surface area contributed by atoms with Gasteiger partial charge in [-0.25, -0.2) is 13.9 Å².